The van der Waals surface area contributed by atoms with Crippen LogP contribution in [0.25, 0.3) is 0 Å². The zero-order valence-electron chi connectivity index (χ0n) is 14.6. The van der Waals surface area contributed by atoms with Gasteiger partial charge in [-0.25, -0.2) is 4.90 Å². The molecular formula is C21H20N2O3. The van der Waals surface area contributed by atoms with Crippen LogP contribution < -0.4 is 10.2 Å². The third-order valence-corrected chi connectivity index (χ3v) is 5.25. The zero-order valence-corrected chi connectivity index (χ0v) is 14.6. The number of nitrogens with zero attached hydrogens (tertiary/aromatic N) is 1. The molecule has 4 rings (SSSR count). The van der Waals surface area contributed by atoms with Crippen molar-refractivity contribution in [3.63, 3.8) is 0 Å². The van der Waals surface area contributed by atoms with E-state index in [4.69, 9.17) is 0 Å². The van der Waals surface area contributed by atoms with E-state index in [1.807, 2.05) is 6.92 Å². The summed E-state index contributed by atoms with van der Waals surface area (Å²) in [6, 6.07) is 12.1. The Kier molecular flexibility index (Phi) is 4.07. The molecule has 2 aliphatic rings. The van der Waals surface area contributed by atoms with Gasteiger partial charge in [-0.2, -0.15) is 0 Å². The summed E-state index contributed by atoms with van der Waals surface area (Å²) in [5.41, 5.74) is 2.92. The van der Waals surface area contributed by atoms with E-state index in [2.05, 4.69) is 5.32 Å². The van der Waals surface area contributed by atoms with E-state index < -0.39 is 0 Å². The SMILES string of the molecule is Cc1cc(N2C(=O)c3ccccc3C2=O)ccc1NC(=O)C1CCCC1. The Morgan fingerprint density at radius 1 is 1.00 bits per heavy atom. The topological polar surface area (TPSA) is 66.5 Å². The van der Waals surface area contributed by atoms with Crippen LogP contribution in [0.2, 0.25) is 0 Å². The predicted octanol–water partition coefficient (Wildman–Crippen LogP) is 3.92. The molecule has 5 nitrogen and oxygen atoms in total. The van der Waals surface area contributed by atoms with Crippen molar-refractivity contribution >= 4 is 29.1 Å². The first-order chi connectivity index (χ1) is 12.6. The molecule has 3 amide bonds. The highest BCUT2D eigenvalue weighted by Crippen LogP contribution is 2.31. The molecule has 26 heavy (non-hydrogen) atoms. The number of rotatable bonds is 3. The van der Waals surface area contributed by atoms with Crippen molar-refractivity contribution in [2.75, 3.05) is 10.2 Å². The third kappa shape index (κ3) is 2.69. The van der Waals surface area contributed by atoms with Crippen molar-refractivity contribution in [2.24, 2.45) is 5.92 Å². The number of imide groups is 1. The van der Waals surface area contributed by atoms with Crippen LogP contribution in [0.5, 0.6) is 0 Å². The number of amides is 3. The van der Waals surface area contributed by atoms with Gasteiger partial charge in [0.15, 0.2) is 0 Å². The molecule has 1 fully saturated rings. The number of anilines is 2. The highest BCUT2D eigenvalue weighted by atomic mass is 16.2. The number of hydrogen-bond donors (Lipinski definition) is 1. The van der Waals surface area contributed by atoms with Gasteiger partial charge in [0.25, 0.3) is 11.8 Å². The first kappa shape index (κ1) is 16.5. The van der Waals surface area contributed by atoms with E-state index in [0.717, 1.165) is 36.9 Å². The Balaban J connectivity index is 1.58. The summed E-state index contributed by atoms with van der Waals surface area (Å²) >= 11 is 0. The molecule has 2 aromatic rings. The van der Waals surface area contributed by atoms with Gasteiger partial charge in [0.1, 0.15) is 0 Å². The van der Waals surface area contributed by atoms with Crippen molar-refractivity contribution in [3.05, 3.63) is 59.2 Å². The molecule has 1 saturated carbocycles. The summed E-state index contributed by atoms with van der Waals surface area (Å²) in [7, 11) is 0. The number of carbonyl (C=O) groups is 3. The third-order valence-electron chi connectivity index (χ3n) is 5.25. The molecule has 1 aliphatic carbocycles. The predicted molar refractivity (Wildman–Crippen MR) is 99.3 cm³/mol. The summed E-state index contributed by atoms with van der Waals surface area (Å²) in [6.07, 6.45) is 4.10. The first-order valence-electron chi connectivity index (χ1n) is 8.95. The van der Waals surface area contributed by atoms with Gasteiger partial charge in [-0.1, -0.05) is 25.0 Å². The van der Waals surface area contributed by atoms with E-state index >= 15 is 0 Å². The molecule has 0 unspecified atom stereocenters. The highest BCUT2D eigenvalue weighted by Gasteiger charge is 2.36. The Morgan fingerprint density at radius 3 is 2.19 bits per heavy atom. The van der Waals surface area contributed by atoms with Gasteiger partial charge >= 0.3 is 0 Å². The first-order valence-corrected chi connectivity index (χ1v) is 8.95. The van der Waals surface area contributed by atoms with Gasteiger partial charge in [-0.05, 0) is 55.7 Å². The summed E-state index contributed by atoms with van der Waals surface area (Å²) < 4.78 is 0. The number of aryl methyl sites for hydroxylation is 1. The second-order valence-corrected chi connectivity index (χ2v) is 6.96. The van der Waals surface area contributed by atoms with Crippen LogP contribution in [0, 0.1) is 12.8 Å². The number of benzene rings is 2. The van der Waals surface area contributed by atoms with E-state index in [1.54, 1.807) is 42.5 Å². The average molecular weight is 348 g/mol. The van der Waals surface area contributed by atoms with Crippen molar-refractivity contribution in [1.29, 1.82) is 0 Å². The smallest absolute Gasteiger partial charge is 0.266 e. The number of hydrogen-bond acceptors (Lipinski definition) is 3. The number of carbonyl (C=O) groups excluding carboxylic acids is 3. The quantitative estimate of drug-likeness (QED) is 0.855. The molecule has 0 bridgehead atoms. The minimum Gasteiger partial charge on any atom is -0.326 e. The Bertz CT molecular complexity index is 878. The number of nitrogens with one attached hydrogen (secondary N) is 1. The molecule has 0 atom stereocenters. The molecule has 1 N–H and O–H groups in total. The summed E-state index contributed by atoms with van der Waals surface area (Å²) in [5.74, 6) is -0.482. The molecule has 0 radical (unpaired) electrons. The maximum Gasteiger partial charge on any atom is 0.266 e. The van der Waals surface area contributed by atoms with Crippen LogP contribution >= 0.6 is 0 Å². The Hall–Kier alpha value is -2.95. The normalized spacial score (nSPS) is 16.9. The van der Waals surface area contributed by atoms with Gasteiger partial charge in [0.05, 0.1) is 16.8 Å². The molecule has 5 heteroatoms. The van der Waals surface area contributed by atoms with Gasteiger partial charge in [0, 0.05) is 11.6 Å². The molecule has 0 saturated heterocycles. The lowest BCUT2D eigenvalue weighted by Crippen LogP contribution is -2.29. The second kappa shape index (κ2) is 6.41. The van der Waals surface area contributed by atoms with Crippen LogP contribution in [0.1, 0.15) is 52.0 Å². The lowest BCUT2D eigenvalue weighted by molar-refractivity contribution is -0.119. The van der Waals surface area contributed by atoms with E-state index in [9.17, 15) is 14.4 Å². The van der Waals surface area contributed by atoms with Crippen LogP contribution in [0.4, 0.5) is 11.4 Å². The fourth-order valence-corrected chi connectivity index (χ4v) is 3.77. The van der Waals surface area contributed by atoms with E-state index in [-0.39, 0.29) is 23.6 Å². The van der Waals surface area contributed by atoms with Crippen molar-refractivity contribution in [1.82, 2.24) is 0 Å². The van der Waals surface area contributed by atoms with Gasteiger partial charge in [-0.3, -0.25) is 14.4 Å². The maximum absolute atomic E-state index is 12.6. The van der Waals surface area contributed by atoms with Crippen LogP contribution in [0.15, 0.2) is 42.5 Å². The lowest BCUT2D eigenvalue weighted by atomic mass is 10.1. The molecule has 0 spiro atoms. The molecular weight excluding hydrogens is 328 g/mol. The van der Waals surface area contributed by atoms with Gasteiger partial charge < -0.3 is 5.32 Å². The van der Waals surface area contributed by atoms with E-state index in [0.29, 0.717) is 16.8 Å². The minimum absolute atomic E-state index is 0.0547. The fourth-order valence-electron chi connectivity index (χ4n) is 3.77. The Labute approximate surface area is 152 Å². The molecule has 1 heterocycles. The van der Waals surface area contributed by atoms with Crippen molar-refractivity contribution in [2.45, 2.75) is 32.6 Å². The van der Waals surface area contributed by atoms with E-state index in [1.165, 1.54) is 4.90 Å². The van der Waals surface area contributed by atoms with Gasteiger partial charge in [-0.15, -0.1) is 0 Å². The summed E-state index contributed by atoms with van der Waals surface area (Å²) in [4.78, 5) is 38.7. The van der Waals surface area contributed by atoms with Crippen LogP contribution in [-0.2, 0) is 4.79 Å². The largest absolute Gasteiger partial charge is 0.326 e. The molecule has 2 aromatic carbocycles. The monoisotopic (exact) mass is 348 g/mol. The zero-order chi connectivity index (χ0) is 18.3. The Morgan fingerprint density at radius 2 is 1.62 bits per heavy atom. The number of fused-ring (bicyclic) bond motifs is 1. The van der Waals surface area contributed by atoms with Crippen LogP contribution in [-0.4, -0.2) is 17.7 Å². The lowest BCUT2D eigenvalue weighted by Gasteiger charge is -2.17. The maximum atomic E-state index is 12.6. The second-order valence-electron chi connectivity index (χ2n) is 6.96. The van der Waals surface area contributed by atoms with Crippen LogP contribution in [0.3, 0.4) is 0 Å². The highest BCUT2D eigenvalue weighted by molar-refractivity contribution is 6.34. The standard InChI is InChI=1S/C21H20N2O3/c1-13-12-15(10-11-18(13)22-19(24)14-6-2-3-7-14)23-20(25)16-8-4-5-9-17(16)21(23)26/h4-5,8-12,14H,2-3,6-7H2,1H3,(H,22,24). The molecule has 0 aromatic heterocycles. The van der Waals surface area contributed by atoms with Gasteiger partial charge in [0.2, 0.25) is 5.91 Å². The molecule has 132 valence electrons. The van der Waals surface area contributed by atoms with Crippen molar-refractivity contribution < 1.29 is 14.4 Å². The fraction of sp³-hybridized carbons (Fsp3) is 0.286. The summed E-state index contributed by atoms with van der Waals surface area (Å²) in [5, 5.41) is 2.98. The summed E-state index contributed by atoms with van der Waals surface area (Å²) in [6.45, 7) is 1.87. The average Bonchev–Trinajstić information content (AvgIpc) is 3.26. The minimum atomic E-state index is -0.312. The van der Waals surface area contributed by atoms with Crippen molar-refractivity contribution in [3.8, 4) is 0 Å². The molecule has 1 aliphatic heterocycles.